The molecule has 0 atom stereocenters. The zero-order valence-corrected chi connectivity index (χ0v) is 12.3. The molecule has 0 aliphatic carbocycles. The van der Waals surface area contributed by atoms with E-state index in [2.05, 4.69) is 5.43 Å². The summed E-state index contributed by atoms with van der Waals surface area (Å²) < 4.78 is 26.0. The molecular weight excluding hydrogens is 300 g/mol. The van der Waals surface area contributed by atoms with Crippen LogP contribution in [0.5, 0.6) is 0 Å². The number of sulfonamides is 1. The lowest BCUT2D eigenvalue weighted by molar-refractivity contribution is -0.387. The van der Waals surface area contributed by atoms with Crippen LogP contribution in [0.15, 0.2) is 23.1 Å². The molecular formula is C11H18N4O5S. The molecule has 0 saturated heterocycles. The third-order valence-electron chi connectivity index (χ3n) is 2.76. The molecule has 0 unspecified atom stereocenters. The molecule has 0 heterocycles. The number of hydrogen-bond acceptors (Lipinski definition) is 7. The Morgan fingerprint density at radius 1 is 1.43 bits per heavy atom. The number of nitro benzene ring substituents is 1. The second-order valence-corrected chi connectivity index (χ2v) is 6.12. The van der Waals surface area contributed by atoms with E-state index in [0.717, 1.165) is 16.4 Å². The lowest BCUT2D eigenvalue weighted by atomic mass is 10.3. The minimum Gasteiger partial charge on any atom is -0.395 e. The largest absolute Gasteiger partial charge is 0.395 e. The van der Waals surface area contributed by atoms with Crippen molar-refractivity contribution >= 4 is 21.4 Å². The fraction of sp³-hybridized carbons (Fsp3) is 0.455. The second-order valence-electron chi connectivity index (χ2n) is 4.21. The number of nitrogen functional groups attached to an aromatic ring is 1. The third-order valence-corrected chi connectivity index (χ3v) is 4.71. The van der Waals surface area contributed by atoms with Gasteiger partial charge in [-0.05, 0) is 18.6 Å². The van der Waals surface area contributed by atoms with E-state index in [0.29, 0.717) is 6.42 Å². The highest BCUT2D eigenvalue weighted by molar-refractivity contribution is 7.89. The van der Waals surface area contributed by atoms with Gasteiger partial charge in [0.05, 0.1) is 17.2 Å². The van der Waals surface area contributed by atoms with Crippen LogP contribution in [0.3, 0.4) is 0 Å². The average molecular weight is 318 g/mol. The van der Waals surface area contributed by atoms with Gasteiger partial charge in [0.15, 0.2) is 4.90 Å². The van der Waals surface area contributed by atoms with Crippen molar-refractivity contribution in [3.05, 3.63) is 28.3 Å². The van der Waals surface area contributed by atoms with Crippen molar-refractivity contribution in [2.45, 2.75) is 18.2 Å². The standard InChI is InChI=1S/C11H18N4O5S/c1-2-5-14(6-7-16)21(19,20)11-4-3-9(13-12)8-10(11)15(17)18/h3-4,8,13,16H,2,5-7,12H2,1H3. The first-order chi connectivity index (χ1) is 9.88. The molecule has 4 N–H and O–H groups in total. The monoisotopic (exact) mass is 318 g/mol. The molecule has 0 saturated carbocycles. The van der Waals surface area contributed by atoms with Gasteiger partial charge >= 0.3 is 0 Å². The molecule has 1 aromatic rings. The Labute approximate surface area is 122 Å². The summed E-state index contributed by atoms with van der Waals surface area (Å²) in [5.74, 6) is 5.17. The zero-order chi connectivity index (χ0) is 16.0. The van der Waals surface area contributed by atoms with Crippen molar-refractivity contribution in [2.75, 3.05) is 25.1 Å². The van der Waals surface area contributed by atoms with Gasteiger partial charge in [-0.3, -0.25) is 16.0 Å². The van der Waals surface area contributed by atoms with Crippen LogP contribution in [0.25, 0.3) is 0 Å². The summed E-state index contributed by atoms with van der Waals surface area (Å²) >= 11 is 0. The Hall–Kier alpha value is -1.75. The maximum Gasteiger partial charge on any atom is 0.291 e. The first kappa shape index (κ1) is 17.3. The van der Waals surface area contributed by atoms with Crippen LogP contribution in [0.1, 0.15) is 13.3 Å². The van der Waals surface area contributed by atoms with Crippen molar-refractivity contribution in [3.63, 3.8) is 0 Å². The molecule has 0 fully saturated rings. The minimum absolute atomic E-state index is 0.121. The van der Waals surface area contributed by atoms with Crippen LogP contribution >= 0.6 is 0 Å². The Morgan fingerprint density at radius 2 is 2.10 bits per heavy atom. The zero-order valence-electron chi connectivity index (χ0n) is 11.5. The summed E-state index contributed by atoms with van der Waals surface area (Å²) in [5, 5.41) is 20.0. The first-order valence-electron chi connectivity index (χ1n) is 6.24. The number of anilines is 1. The summed E-state index contributed by atoms with van der Waals surface area (Å²) in [5.41, 5.74) is 1.89. The molecule has 0 aliphatic rings. The molecule has 21 heavy (non-hydrogen) atoms. The van der Waals surface area contributed by atoms with Gasteiger partial charge in [0.25, 0.3) is 5.69 Å². The fourth-order valence-corrected chi connectivity index (χ4v) is 3.48. The van der Waals surface area contributed by atoms with Gasteiger partial charge in [-0.1, -0.05) is 6.92 Å². The number of aliphatic hydroxyl groups is 1. The Morgan fingerprint density at radius 3 is 2.57 bits per heavy atom. The van der Waals surface area contributed by atoms with Crippen LogP contribution < -0.4 is 11.3 Å². The second kappa shape index (κ2) is 7.31. The Bertz CT molecular complexity index is 599. The molecule has 0 radical (unpaired) electrons. The summed E-state index contributed by atoms with van der Waals surface area (Å²) in [6, 6.07) is 3.52. The highest BCUT2D eigenvalue weighted by Crippen LogP contribution is 2.29. The first-order valence-corrected chi connectivity index (χ1v) is 7.68. The van der Waals surface area contributed by atoms with E-state index in [1.165, 1.54) is 6.07 Å². The maximum absolute atomic E-state index is 12.5. The van der Waals surface area contributed by atoms with E-state index in [-0.39, 0.29) is 25.4 Å². The van der Waals surface area contributed by atoms with Gasteiger partial charge in [0.1, 0.15) is 0 Å². The molecule has 0 bridgehead atoms. The van der Waals surface area contributed by atoms with E-state index in [9.17, 15) is 18.5 Å². The van der Waals surface area contributed by atoms with Gasteiger partial charge in [-0.15, -0.1) is 0 Å². The molecule has 9 nitrogen and oxygen atoms in total. The molecule has 0 aliphatic heterocycles. The molecule has 0 spiro atoms. The van der Waals surface area contributed by atoms with Crippen molar-refractivity contribution in [1.29, 1.82) is 0 Å². The molecule has 0 aromatic heterocycles. The summed E-state index contributed by atoms with van der Waals surface area (Å²) in [6.07, 6.45) is 0.523. The lowest BCUT2D eigenvalue weighted by Gasteiger charge is -2.20. The highest BCUT2D eigenvalue weighted by atomic mass is 32.2. The number of nitrogens with two attached hydrogens (primary N) is 1. The van der Waals surface area contributed by atoms with Crippen molar-refractivity contribution in [2.24, 2.45) is 5.84 Å². The number of hydrazine groups is 1. The van der Waals surface area contributed by atoms with Gasteiger partial charge in [0.2, 0.25) is 10.0 Å². The normalized spacial score (nSPS) is 11.6. The highest BCUT2D eigenvalue weighted by Gasteiger charge is 2.31. The van der Waals surface area contributed by atoms with E-state index in [4.69, 9.17) is 10.9 Å². The van der Waals surface area contributed by atoms with E-state index in [1.54, 1.807) is 6.92 Å². The smallest absolute Gasteiger partial charge is 0.291 e. The van der Waals surface area contributed by atoms with Crippen molar-refractivity contribution < 1.29 is 18.4 Å². The predicted octanol–water partition coefficient (Wildman–Crippen LogP) is 0.273. The van der Waals surface area contributed by atoms with Crippen LogP contribution in [-0.2, 0) is 10.0 Å². The van der Waals surface area contributed by atoms with Crippen LogP contribution in [0, 0.1) is 10.1 Å². The number of rotatable bonds is 8. The minimum atomic E-state index is -4.06. The van der Waals surface area contributed by atoms with Crippen LogP contribution in [0.2, 0.25) is 0 Å². The van der Waals surface area contributed by atoms with E-state index >= 15 is 0 Å². The van der Waals surface area contributed by atoms with Crippen LogP contribution in [0.4, 0.5) is 11.4 Å². The number of benzene rings is 1. The lowest BCUT2D eigenvalue weighted by Crippen LogP contribution is -2.34. The molecule has 10 heteroatoms. The number of aliphatic hydroxyl groups excluding tert-OH is 1. The Balaban J connectivity index is 3.38. The molecule has 1 aromatic carbocycles. The van der Waals surface area contributed by atoms with E-state index < -0.39 is 25.5 Å². The van der Waals surface area contributed by atoms with E-state index in [1.807, 2.05) is 0 Å². The fourth-order valence-electron chi connectivity index (χ4n) is 1.82. The quantitative estimate of drug-likeness (QED) is 0.355. The molecule has 1 rings (SSSR count). The summed E-state index contributed by atoms with van der Waals surface area (Å²) in [4.78, 5) is 9.88. The van der Waals surface area contributed by atoms with Gasteiger partial charge in [0, 0.05) is 19.2 Å². The van der Waals surface area contributed by atoms with Crippen LogP contribution in [-0.4, -0.2) is 42.4 Å². The average Bonchev–Trinajstić information content (AvgIpc) is 2.46. The topological polar surface area (TPSA) is 139 Å². The van der Waals surface area contributed by atoms with Gasteiger partial charge in [-0.25, -0.2) is 8.42 Å². The number of nitro groups is 1. The van der Waals surface area contributed by atoms with Gasteiger partial charge in [-0.2, -0.15) is 4.31 Å². The SMILES string of the molecule is CCCN(CCO)S(=O)(=O)c1ccc(NN)cc1[N+](=O)[O-]. The molecule has 118 valence electrons. The maximum atomic E-state index is 12.5. The summed E-state index contributed by atoms with van der Waals surface area (Å²) in [6.45, 7) is 1.45. The molecule has 0 amide bonds. The summed E-state index contributed by atoms with van der Waals surface area (Å²) in [7, 11) is -4.06. The number of nitrogens with one attached hydrogen (secondary N) is 1. The number of hydrogen-bond donors (Lipinski definition) is 3. The Kier molecular flexibility index (Phi) is 6.03. The van der Waals surface area contributed by atoms with Crippen molar-refractivity contribution in [3.8, 4) is 0 Å². The van der Waals surface area contributed by atoms with Gasteiger partial charge < -0.3 is 10.5 Å². The van der Waals surface area contributed by atoms with Crippen molar-refractivity contribution in [1.82, 2.24) is 4.31 Å². The third kappa shape index (κ3) is 3.88. The number of nitrogens with zero attached hydrogens (tertiary/aromatic N) is 2. The predicted molar refractivity (Wildman–Crippen MR) is 77.0 cm³/mol.